The molecule has 0 spiro atoms. The van der Waals surface area contributed by atoms with Crippen LogP contribution in [-0.4, -0.2) is 50.9 Å². The van der Waals surface area contributed by atoms with Gasteiger partial charge in [-0.15, -0.1) is 0 Å². The SMILES string of the molecule is COCCn1nnn(CCN2Cc3c(Cl)ccc(Nc4c(N[C@@H](c5ccc(C)o5)C(C)(C)C)c(=O)c4=O)c3C2=O)c1=O. The first-order valence-corrected chi connectivity index (χ1v) is 13.8. The van der Waals surface area contributed by atoms with E-state index in [4.69, 9.17) is 20.8 Å². The minimum absolute atomic E-state index is 0.0625. The molecule has 0 saturated heterocycles. The first kappa shape index (κ1) is 29.3. The summed E-state index contributed by atoms with van der Waals surface area (Å²) in [6.07, 6.45) is 0. The molecule has 5 rings (SSSR count). The number of furan rings is 1. The fourth-order valence-electron chi connectivity index (χ4n) is 4.96. The van der Waals surface area contributed by atoms with Crippen LogP contribution in [0.1, 0.15) is 54.3 Å². The number of nitrogens with one attached hydrogen (secondary N) is 2. The summed E-state index contributed by atoms with van der Waals surface area (Å²) < 4.78 is 13.2. The highest BCUT2D eigenvalue weighted by atomic mass is 35.5. The molecule has 1 atom stereocenters. The number of hydrogen-bond acceptors (Lipinski definition) is 10. The van der Waals surface area contributed by atoms with Crippen LogP contribution in [0.5, 0.6) is 0 Å². The fourth-order valence-corrected chi connectivity index (χ4v) is 5.17. The fraction of sp³-hybridized carbons (Fsp3) is 0.429. The van der Waals surface area contributed by atoms with Crippen LogP contribution in [0, 0.1) is 12.3 Å². The zero-order valence-electron chi connectivity index (χ0n) is 24.0. The van der Waals surface area contributed by atoms with E-state index >= 15 is 0 Å². The lowest BCUT2D eigenvalue weighted by atomic mass is 9.85. The highest BCUT2D eigenvalue weighted by molar-refractivity contribution is 6.32. The maximum absolute atomic E-state index is 13.5. The van der Waals surface area contributed by atoms with Gasteiger partial charge in [-0.2, -0.15) is 9.36 Å². The number of nitrogens with zero attached hydrogens (tertiary/aromatic N) is 5. The Hall–Kier alpha value is -4.23. The summed E-state index contributed by atoms with van der Waals surface area (Å²) in [4.78, 5) is 53.0. The van der Waals surface area contributed by atoms with Crippen LogP contribution in [0.25, 0.3) is 0 Å². The summed E-state index contributed by atoms with van der Waals surface area (Å²) >= 11 is 6.46. The number of ether oxygens (including phenoxy) is 1. The molecule has 4 aromatic rings. The van der Waals surface area contributed by atoms with Gasteiger partial charge < -0.3 is 24.7 Å². The van der Waals surface area contributed by atoms with Crippen molar-refractivity contribution < 1.29 is 13.9 Å². The zero-order chi connectivity index (χ0) is 30.3. The molecule has 14 heteroatoms. The summed E-state index contributed by atoms with van der Waals surface area (Å²) in [5.41, 5.74) is -0.711. The maximum Gasteiger partial charge on any atom is 0.363 e. The number of aromatic nitrogens is 4. The van der Waals surface area contributed by atoms with E-state index in [0.29, 0.717) is 34.2 Å². The van der Waals surface area contributed by atoms with Crippen LogP contribution in [-0.2, 0) is 24.4 Å². The van der Waals surface area contributed by atoms with E-state index < -0.39 is 22.6 Å². The first-order valence-electron chi connectivity index (χ1n) is 13.4. The molecule has 1 aliphatic heterocycles. The first-order chi connectivity index (χ1) is 19.9. The van der Waals surface area contributed by atoms with E-state index in [1.54, 1.807) is 17.0 Å². The number of methoxy groups -OCH3 is 1. The Morgan fingerprint density at radius 3 is 2.33 bits per heavy atom. The molecule has 0 bridgehead atoms. The predicted molar refractivity (Wildman–Crippen MR) is 156 cm³/mol. The average molecular weight is 598 g/mol. The highest BCUT2D eigenvalue weighted by Gasteiger charge is 2.35. The quantitative estimate of drug-likeness (QED) is 0.247. The molecule has 0 radical (unpaired) electrons. The molecule has 13 nitrogen and oxygen atoms in total. The van der Waals surface area contributed by atoms with Gasteiger partial charge in [-0.3, -0.25) is 14.4 Å². The third-order valence-electron chi connectivity index (χ3n) is 7.26. The molecule has 2 N–H and O–H groups in total. The van der Waals surface area contributed by atoms with Crippen molar-refractivity contribution in [3.8, 4) is 0 Å². The predicted octanol–water partition coefficient (Wildman–Crippen LogP) is 2.84. The molecular formula is C28H32ClN7O6. The van der Waals surface area contributed by atoms with Gasteiger partial charge in [0, 0.05) is 30.8 Å². The van der Waals surface area contributed by atoms with E-state index in [1.807, 2.05) is 39.8 Å². The van der Waals surface area contributed by atoms with Gasteiger partial charge in [0.1, 0.15) is 22.9 Å². The molecule has 0 fully saturated rings. The number of halogens is 1. The topological polar surface area (TPSA) is 154 Å². The van der Waals surface area contributed by atoms with Crippen molar-refractivity contribution in [3.05, 3.63) is 82.9 Å². The number of tetrazole rings is 1. The number of hydrogen-bond donors (Lipinski definition) is 2. The number of benzene rings is 1. The van der Waals surface area contributed by atoms with Crippen molar-refractivity contribution in [3.63, 3.8) is 0 Å². The molecule has 42 heavy (non-hydrogen) atoms. The van der Waals surface area contributed by atoms with Crippen molar-refractivity contribution in [2.75, 3.05) is 30.9 Å². The molecule has 2 aromatic heterocycles. The van der Waals surface area contributed by atoms with Crippen LogP contribution in [0.15, 0.2) is 43.1 Å². The number of aryl methyl sites for hydroxylation is 1. The molecule has 0 aliphatic carbocycles. The van der Waals surface area contributed by atoms with Crippen LogP contribution in [0.2, 0.25) is 5.02 Å². The second kappa shape index (κ2) is 11.2. The van der Waals surface area contributed by atoms with E-state index in [0.717, 1.165) is 5.76 Å². The summed E-state index contributed by atoms with van der Waals surface area (Å²) in [5, 5.41) is 14.3. The minimum Gasteiger partial charge on any atom is -0.464 e. The monoisotopic (exact) mass is 597 g/mol. The van der Waals surface area contributed by atoms with Crippen molar-refractivity contribution in [2.45, 2.75) is 53.4 Å². The van der Waals surface area contributed by atoms with Crippen LogP contribution >= 0.6 is 11.6 Å². The maximum atomic E-state index is 13.5. The van der Waals surface area contributed by atoms with Gasteiger partial charge in [0.25, 0.3) is 16.8 Å². The van der Waals surface area contributed by atoms with Gasteiger partial charge >= 0.3 is 5.69 Å². The van der Waals surface area contributed by atoms with Crippen LogP contribution < -0.4 is 27.2 Å². The number of fused-ring (bicyclic) bond motifs is 1. The van der Waals surface area contributed by atoms with Crippen molar-refractivity contribution >= 4 is 34.6 Å². The van der Waals surface area contributed by atoms with E-state index in [2.05, 4.69) is 21.1 Å². The summed E-state index contributed by atoms with van der Waals surface area (Å²) in [7, 11) is 1.53. The smallest absolute Gasteiger partial charge is 0.363 e. The summed E-state index contributed by atoms with van der Waals surface area (Å²) in [6, 6.07) is 6.51. The minimum atomic E-state index is -0.692. The van der Waals surface area contributed by atoms with Crippen LogP contribution in [0.3, 0.4) is 0 Å². The standard InChI is InChI=1S/C28H32ClN7O6/c1-15-6-9-19(42-15)25(28(2,3)4)31-22-21(23(37)24(22)38)30-18-8-7-17(29)16-14-34(26(39)20(16)18)10-11-35-27(40)36(33-32-35)12-13-41-5/h6-9,25,30-31H,10-14H2,1-5H3/t25-/m0/s1. The van der Waals surface area contributed by atoms with Gasteiger partial charge in [0.05, 0.1) is 37.0 Å². The number of rotatable bonds is 11. The normalized spacial score (nSPS) is 14.0. The van der Waals surface area contributed by atoms with Gasteiger partial charge in [-0.1, -0.05) is 32.4 Å². The van der Waals surface area contributed by atoms with Crippen molar-refractivity contribution in [1.29, 1.82) is 0 Å². The lowest BCUT2D eigenvalue weighted by Crippen LogP contribution is -2.39. The highest BCUT2D eigenvalue weighted by Crippen LogP contribution is 2.39. The Bertz CT molecular complexity index is 1770. The third-order valence-corrected chi connectivity index (χ3v) is 7.62. The molecule has 222 valence electrons. The molecular weight excluding hydrogens is 566 g/mol. The van der Waals surface area contributed by atoms with Gasteiger partial charge in [-0.25, -0.2) is 4.79 Å². The number of amides is 1. The number of anilines is 3. The van der Waals surface area contributed by atoms with E-state index in [9.17, 15) is 19.2 Å². The van der Waals surface area contributed by atoms with Crippen molar-refractivity contribution in [1.82, 2.24) is 24.7 Å². The molecule has 0 unspecified atom stereocenters. The summed E-state index contributed by atoms with van der Waals surface area (Å²) in [5.74, 6) is 1.03. The van der Waals surface area contributed by atoms with Gasteiger partial charge in [0.2, 0.25) is 0 Å². The molecule has 0 saturated carbocycles. The van der Waals surface area contributed by atoms with E-state index in [1.165, 1.54) is 16.5 Å². The second-order valence-electron chi connectivity index (χ2n) is 11.3. The largest absolute Gasteiger partial charge is 0.464 e. The lowest BCUT2D eigenvalue weighted by molar-refractivity contribution is 0.0771. The molecule has 3 heterocycles. The average Bonchev–Trinajstić information content (AvgIpc) is 3.63. The Morgan fingerprint density at radius 2 is 1.69 bits per heavy atom. The number of carbonyl (C=O) groups excluding carboxylic acids is 1. The van der Waals surface area contributed by atoms with Gasteiger partial charge in [0.15, 0.2) is 0 Å². The lowest BCUT2D eigenvalue weighted by Gasteiger charge is -2.31. The Kier molecular flexibility index (Phi) is 7.82. The Morgan fingerprint density at radius 1 is 1.00 bits per heavy atom. The number of carbonyl (C=O) groups is 1. The molecule has 1 amide bonds. The van der Waals surface area contributed by atoms with Crippen molar-refractivity contribution in [2.24, 2.45) is 5.41 Å². The second-order valence-corrected chi connectivity index (χ2v) is 11.7. The van der Waals surface area contributed by atoms with E-state index in [-0.39, 0.29) is 48.9 Å². The molecule has 1 aliphatic rings. The molecule has 2 aromatic carbocycles. The van der Waals surface area contributed by atoms with Crippen LogP contribution in [0.4, 0.5) is 17.1 Å². The van der Waals surface area contributed by atoms with Gasteiger partial charge in [-0.05, 0) is 47.0 Å². The zero-order valence-corrected chi connectivity index (χ0v) is 24.7. The Balaban J connectivity index is 1.37. The summed E-state index contributed by atoms with van der Waals surface area (Å²) in [6.45, 7) is 8.90. The third kappa shape index (κ3) is 5.37. The Labute approximate surface area is 245 Å².